The molecule has 2 aliphatic rings. The smallest absolute Gasteiger partial charge is 0.276 e. The lowest BCUT2D eigenvalue weighted by Crippen LogP contribution is -2.36. The first-order chi connectivity index (χ1) is 14.2. The molecule has 4 rings (SSSR count). The van der Waals surface area contributed by atoms with Gasteiger partial charge < -0.3 is 10.2 Å². The number of amides is 2. The van der Waals surface area contributed by atoms with Crippen molar-refractivity contribution in [3.63, 3.8) is 0 Å². The average molecular weight is 389 g/mol. The van der Waals surface area contributed by atoms with Gasteiger partial charge in [-0.15, -0.1) is 0 Å². The number of fused-ring (bicyclic) bond motifs is 1. The topological polar surface area (TPSA) is 62.3 Å². The van der Waals surface area contributed by atoms with Crippen LogP contribution < -0.4 is 10.2 Å². The number of para-hydroxylation sites is 1. The molecular weight excluding hydrogens is 362 g/mol. The molecule has 1 aliphatic heterocycles. The highest BCUT2D eigenvalue weighted by Gasteiger charge is 2.24. The molecule has 0 atom stereocenters. The third-order valence-corrected chi connectivity index (χ3v) is 5.67. The molecule has 0 fully saturated rings. The molecule has 150 valence electrons. The lowest BCUT2D eigenvalue weighted by atomic mass is 9.97. The van der Waals surface area contributed by atoms with E-state index in [1.165, 1.54) is 24.0 Å². The molecule has 0 saturated heterocycles. The van der Waals surface area contributed by atoms with Gasteiger partial charge in [-0.2, -0.15) is 0 Å². The maximum atomic E-state index is 13.1. The van der Waals surface area contributed by atoms with Gasteiger partial charge in [0.15, 0.2) is 0 Å². The second kappa shape index (κ2) is 9.03. The number of hydrogen-bond acceptors (Lipinski definition) is 3. The van der Waals surface area contributed by atoms with Gasteiger partial charge >= 0.3 is 0 Å². The predicted molar refractivity (Wildman–Crippen MR) is 114 cm³/mol. The minimum absolute atomic E-state index is 0.154. The highest BCUT2D eigenvalue weighted by Crippen LogP contribution is 2.27. The number of nitrogens with one attached hydrogen (secondary N) is 1. The zero-order chi connectivity index (χ0) is 20.1. The molecule has 0 spiro atoms. The van der Waals surface area contributed by atoms with Crippen LogP contribution in [-0.2, 0) is 6.42 Å². The van der Waals surface area contributed by atoms with Gasteiger partial charge in [-0.05, 0) is 68.7 Å². The lowest BCUT2D eigenvalue weighted by Gasteiger charge is -2.29. The van der Waals surface area contributed by atoms with Gasteiger partial charge in [0, 0.05) is 18.8 Å². The number of nitrogens with zero attached hydrogens (tertiary/aromatic N) is 2. The molecule has 1 aromatic heterocycles. The van der Waals surface area contributed by atoms with Crippen molar-refractivity contribution in [3.05, 3.63) is 71.1 Å². The second-order valence-corrected chi connectivity index (χ2v) is 7.71. The molecule has 0 unspecified atom stereocenters. The zero-order valence-corrected chi connectivity index (χ0v) is 16.7. The monoisotopic (exact) mass is 389 g/mol. The molecule has 5 heteroatoms. The van der Waals surface area contributed by atoms with Crippen molar-refractivity contribution >= 4 is 17.5 Å². The van der Waals surface area contributed by atoms with Crippen LogP contribution in [0.4, 0.5) is 5.69 Å². The summed E-state index contributed by atoms with van der Waals surface area (Å²) >= 11 is 0. The standard InChI is InChI=1S/C24H27N3O2/c28-23(25-16-15-18-8-2-1-3-9-18)20-12-6-13-21(26-20)24(29)27-17-7-11-19-10-4-5-14-22(19)27/h4-6,8,10,12-14H,1-3,7,9,11,15-17H2,(H,25,28). The maximum Gasteiger partial charge on any atom is 0.276 e. The first-order valence-electron chi connectivity index (χ1n) is 10.6. The third kappa shape index (κ3) is 4.56. The minimum atomic E-state index is -0.227. The first-order valence-corrected chi connectivity index (χ1v) is 10.6. The summed E-state index contributed by atoms with van der Waals surface area (Å²) in [5.41, 5.74) is 4.15. The van der Waals surface area contributed by atoms with Gasteiger partial charge in [-0.25, -0.2) is 4.98 Å². The van der Waals surface area contributed by atoms with Crippen molar-refractivity contribution < 1.29 is 9.59 Å². The number of aromatic nitrogens is 1. The van der Waals surface area contributed by atoms with Crippen LogP contribution in [-0.4, -0.2) is 29.9 Å². The number of benzene rings is 1. The predicted octanol–water partition coefficient (Wildman–Crippen LogP) is 4.29. The molecule has 29 heavy (non-hydrogen) atoms. The van der Waals surface area contributed by atoms with E-state index in [9.17, 15) is 9.59 Å². The van der Waals surface area contributed by atoms with Gasteiger partial charge in [0.25, 0.3) is 11.8 Å². The van der Waals surface area contributed by atoms with E-state index in [-0.39, 0.29) is 11.8 Å². The maximum absolute atomic E-state index is 13.1. The van der Waals surface area contributed by atoms with Crippen LogP contribution >= 0.6 is 0 Å². The quantitative estimate of drug-likeness (QED) is 0.776. The molecule has 2 aromatic rings. The lowest BCUT2D eigenvalue weighted by molar-refractivity contribution is 0.0948. The minimum Gasteiger partial charge on any atom is -0.350 e. The van der Waals surface area contributed by atoms with E-state index >= 15 is 0 Å². The van der Waals surface area contributed by atoms with Crippen molar-refractivity contribution in [1.82, 2.24) is 10.3 Å². The zero-order valence-electron chi connectivity index (χ0n) is 16.7. The first kappa shape index (κ1) is 19.4. The van der Waals surface area contributed by atoms with Crippen molar-refractivity contribution in [1.29, 1.82) is 0 Å². The summed E-state index contributed by atoms with van der Waals surface area (Å²) < 4.78 is 0. The molecule has 0 radical (unpaired) electrons. The molecule has 1 aliphatic carbocycles. The molecule has 1 N–H and O–H groups in total. The number of rotatable bonds is 5. The second-order valence-electron chi connectivity index (χ2n) is 7.71. The van der Waals surface area contributed by atoms with Crippen LogP contribution in [0.15, 0.2) is 54.1 Å². The van der Waals surface area contributed by atoms with Gasteiger partial charge in [-0.3, -0.25) is 9.59 Å². The molecule has 2 heterocycles. The Morgan fingerprint density at radius 1 is 0.966 bits per heavy atom. The van der Waals surface area contributed by atoms with E-state index < -0.39 is 0 Å². The Hall–Kier alpha value is -2.95. The van der Waals surface area contributed by atoms with Crippen molar-refractivity contribution in [2.75, 3.05) is 18.0 Å². The summed E-state index contributed by atoms with van der Waals surface area (Å²) in [6.45, 7) is 1.27. The summed E-state index contributed by atoms with van der Waals surface area (Å²) in [7, 11) is 0. The number of carbonyl (C=O) groups excluding carboxylic acids is 2. The van der Waals surface area contributed by atoms with E-state index in [0.29, 0.717) is 24.5 Å². The van der Waals surface area contributed by atoms with Crippen molar-refractivity contribution in [3.8, 4) is 0 Å². The van der Waals surface area contributed by atoms with Gasteiger partial charge in [0.05, 0.1) is 0 Å². The fourth-order valence-electron chi connectivity index (χ4n) is 4.12. The summed E-state index contributed by atoms with van der Waals surface area (Å²) in [5.74, 6) is -0.380. The van der Waals surface area contributed by atoms with E-state index in [0.717, 1.165) is 37.8 Å². The fourth-order valence-corrected chi connectivity index (χ4v) is 4.12. The van der Waals surface area contributed by atoms with Gasteiger partial charge in [0.1, 0.15) is 11.4 Å². The number of hydrogen-bond donors (Lipinski definition) is 1. The number of allylic oxidation sites excluding steroid dienone is 1. The Kier molecular flexibility index (Phi) is 6.03. The van der Waals surface area contributed by atoms with E-state index in [1.54, 1.807) is 23.1 Å². The average Bonchev–Trinajstić information content (AvgIpc) is 2.79. The van der Waals surface area contributed by atoms with E-state index in [1.807, 2.05) is 18.2 Å². The van der Waals surface area contributed by atoms with E-state index in [4.69, 9.17) is 0 Å². The Bertz CT molecular complexity index is 935. The number of anilines is 1. The summed E-state index contributed by atoms with van der Waals surface area (Å²) in [4.78, 5) is 31.7. The Labute approximate surface area is 171 Å². The van der Waals surface area contributed by atoms with E-state index in [2.05, 4.69) is 22.4 Å². The Balaban J connectivity index is 1.42. The Morgan fingerprint density at radius 3 is 2.69 bits per heavy atom. The van der Waals surface area contributed by atoms with Crippen LogP contribution in [0.25, 0.3) is 0 Å². The number of carbonyl (C=O) groups is 2. The summed E-state index contributed by atoms with van der Waals surface area (Å²) in [5, 5.41) is 2.94. The third-order valence-electron chi connectivity index (χ3n) is 5.67. The fraction of sp³-hybridized carbons (Fsp3) is 0.375. The largest absolute Gasteiger partial charge is 0.350 e. The Morgan fingerprint density at radius 2 is 1.83 bits per heavy atom. The highest BCUT2D eigenvalue weighted by atomic mass is 16.2. The van der Waals surface area contributed by atoms with Crippen LogP contribution in [0.5, 0.6) is 0 Å². The van der Waals surface area contributed by atoms with Gasteiger partial charge in [0.2, 0.25) is 0 Å². The number of aryl methyl sites for hydroxylation is 1. The van der Waals surface area contributed by atoms with Crippen LogP contribution in [0.3, 0.4) is 0 Å². The molecule has 0 bridgehead atoms. The molecule has 2 amide bonds. The van der Waals surface area contributed by atoms with Gasteiger partial charge in [-0.1, -0.05) is 35.9 Å². The molecule has 1 aromatic carbocycles. The summed E-state index contributed by atoms with van der Waals surface area (Å²) in [6, 6.07) is 13.1. The molecule has 5 nitrogen and oxygen atoms in total. The van der Waals surface area contributed by atoms with Crippen LogP contribution in [0.1, 0.15) is 65.1 Å². The highest BCUT2D eigenvalue weighted by molar-refractivity contribution is 6.06. The van der Waals surface area contributed by atoms with Crippen LogP contribution in [0.2, 0.25) is 0 Å². The van der Waals surface area contributed by atoms with Crippen molar-refractivity contribution in [2.45, 2.75) is 44.9 Å². The summed E-state index contributed by atoms with van der Waals surface area (Å²) in [6.07, 6.45) is 9.88. The molecular formula is C24H27N3O2. The van der Waals surface area contributed by atoms with Crippen LogP contribution in [0, 0.1) is 0 Å². The SMILES string of the molecule is O=C(NCCC1=CCCCC1)c1cccc(C(=O)N2CCCc3ccccc32)n1. The van der Waals surface area contributed by atoms with Crippen molar-refractivity contribution in [2.24, 2.45) is 0 Å². The number of pyridine rings is 1. The normalized spacial score (nSPS) is 16.0. The molecule has 0 saturated carbocycles.